The van der Waals surface area contributed by atoms with Gasteiger partial charge in [-0.1, -0.05) is 19.1 Å². The molecule has 1 rings (SSSR count). The van der Waals surface area contributed by atoms with E-state index in [1.165, 1.54) is 5.56 Å². The Bertz CT molecular complexity index is 265. The van der Waals surface area contributed by atoms with Crippen LogP contribution in [-0.4, -0.2) is 31.4 Å². The van der Waals surface area contributed by atoms with E-state index in [0.717, 1.165) is 13.0 Å². The number of phenols is 1. The van der Waals surface area contributed by atoms with Gasteiger partial charge in [0.1, 0.15) is 5.75 Å². The summed E-state index contributed by atoms with van der Waals surface area (Å²) in [5, 5.41) is 12.5. The number of phenolic OH excluding ortho intramolecular Hbond substituents is 1. The van der Waals surface area contributed by atoms with Gasteiger partial charge >= 0.3 is 0 Å². The van der Waals surface area contributed by atoms with Crippen molar-refractivity contribution in [3.8, 4) is 5.75 Å². The van der Waals surface area contributed by atoms with E-state index in [1.54, 1.807) is 19.2 Å². The topological polar surface area (TPSA) is 41.5 Å². The van der Waals surface area contributed by atoms with Gasteiger partial charge in [0.05, 0.1) is 6.61 Å². The van der Waals surface area contributed by atoms with E-state index < -0.39 is 0 Å². The Kier molecular flexibility index (Phi) is 5.15. The van der Waals surface area contributed by atoms with Crippen molar-refractivity contribution in [3.05, 3.63) is 29.8 Å². The predicted octanol–water partition coefficient (Wildman–Crippen LogP) is 1.56. The molecule has 1 aromatic carbocycles. The molecule has 1 unspecified atom stereocenters. The van der Waals surface area contributed by atoms with Crippen LogP contribution in [0, 0.1) is 0 Å². The van der Waals surface area contributed by atoms with Crippen molar-refractivity contribution in [2.24, 2.45) is 0 Å². The van der Waals surface area contributed by atoms with Crippen LogP contribution >= 0.6 is 0 Å². The molecule has 0 fully saturated rings. The van der Waals surface area contributed by atoms with Gasteiger partial charge in [-0.25, -0.2) is 0 Å². The maximum absolute atomic E-state index is 9.16. The summed E-state index contributed by atoms with van der Waals surface area (Å²) in [5.41, 5.74) is 1.20. The highest BCUT2D eigenvalue weighted by atomic mass is 16.5. The van der Waals surface area contributed by atoms with E-state index in [-0.39, 0.29) is 0 Å². The fourth-order valence-corrected chi connectivity index (χ4v) is 1.60. The smallest absolute Gasteiger partial charge is 0.115 e. The zero-order chi connectivity index (χ0) is 11.1. The van der Waals surface area contributed by atoms with Crippen molar-refractivity contribution in [2.75, 3.05) is 20.3 Å². The van der Waals surface area contributed by atoms with Crippen LogP contribution in [0.5, 0.6) is 5.75 Å². The molecule has 0 aliphatic heterocycles. The minimum atomic E-state index is 0.311. The minimum absolute atomic E-state index is 0.311. The summed E-state index contributed by atoms with van der Waals surface area (Å²) in [6, 6.07) is 7.64. The molecule has 15 heavy (non-hydrogen) atoms. The van der Waals surface area contributed by atoms with Crippen LogP contribution in [0.15, 0.2) is 24.3 Å². The van der Waals surface area contributed by atoms with Crippen LogP contribution in [0.3, 0.4) is 0 Å². The third-order valence-corrected chi connectivity index (χ3v) is 2.28. The molecule has 0 aliphatic carbocycles. The molecule has 0 saturated carbocycles. The van der Waals surface area contributed by atoms with E-state index in [0.29, 0.717) is 18.4 Å². The minimum Gasteiger partial charge on any atom is -0.508 e. The molecule has 0 spiro atoms. The van der Waals surface area contributed by atoms with Crippen molar-refractivity contribution in [2.45, 2.75) is 19.4 Å². The lowest BCUT2D eigenvalue weighted by Crippen LogP contribution is -2.34. The quantitative estimate of drug-likeness (QED) is 0.747. The predicted molar refractivity (Wildman–Crippen MR) is 61.2 cm³/mol. The maximum atomic E-state index is 9.16. The summed E-state index contributed by atoms with van der Waals surface area (Å²) in [5.74, 6) is 0.311. The highest BCUT2D eigenvalue weighted by molar-refractivity contribution is 5.26. The van der Waals surface area contributed by atoms with Crippen LogP contribution < -0.4 is 5.32 Å². The second-order valence-corrected chi connectivity index (χ2v) is 3.58. The number of hydrogen-bond donors (Lipinski definition) is 2. The highest BCUT2D eigenvalue weighted by Crippen LogP contribution is 2.11. The maximum Gasteiger partial charge on any atom is 0.115 e. The van der Waals surface area contributed by atoms with Gasteiger partial charge in [-0.05, 0) is 30.7 Å². The first-order valence-electron chi connectivity index (χ1n) is 5.26. The van der Waals surface area contributed by atoms with E-state index in [2.05, 4.69) is 12.2 Å². The molecule has 2 N–H and O–H groups in total. The van der Waals surface area contributed by atoms with Crippen molar-refractivity contribution >= 4 is 0 Å². The molecule has 3 heteroatoms. The molecule has 3 nitrogen and oxygen atoms in total. The Morgan fingerprint density at radius 2 is 2.00 bits per heavy atom. The number of methoxy groups -OCH3 is 1. The number of aromatic hydroxyl groups is 1. The molecule has 84 valence electrons. The van der Waals surface area contributed by atoms with Crippen molar-refractivity contribution in [3.63, 3.8) is 0 Å². The molecule has 0 amide bonds. The normalized spacial score (nSPS) is 12.7. The van der Waals surface area contributed by atoms with Crippen LogP contribution in [0.2, 0.25) is 0 Å². The molecule has 0 saturated heterocycles. The lowest BCUT2D eigenvalue weighted by Gasteiger charge is -2.16. The van der Waals surface area contributed by atoms with E-state index in [9.17, 15) is 0 Å². The molecule has 0 heterocycles. The Balaban J connectivity index is 2.53. The third kappa shape index (κ3) is 4.32. The SMILES string of the molecule is CCNC(COC)Cc1ccc(O)cc1. The van der Waals surface area contributed by atoms with Crippen LogP contribution in [0.4, 0.5) is 0 Å². The van der Waals surface area contributed by atoms with Gasteiger partial charge in [0.25, 0.3) is 0 Å². The van der Waals surface area contributed by atoms with Gasteiger partial charge in [-0.2, -0.15) is 0 Å². The summed E-state index contributed by atoms with van der Waals surface area (Å²) < 4.78 is 5.14. The molecule has 0 bridgehead atoms. The average Bonchev–Trinajstić information content (AvgIpc) is 2.22. The fourth-order valence-electron chi connectivity index (χ4n) is 1.60. The number of rotatable bonds is 6. The third-order valence-electron chi connectivity index (χ3n) is 2.28. The number of likely N-dealkylation sites (N-methyl/N-ethyl adjacent to an activating group) is 1. The van der Waals surface area contributed by atoms with E-state index >= 15 is 0 Å². The summed E-state index contributed by atoms with van der Waals surface area (Å²) in [6.45, 7) is 3.72. The van der Waals surface area contributed by atoms with Crippen LogP contribution in [0.25, 0.3) is 0 Å². The number of benzene rings is 1. The monoisotopic (exact) mass is 209 g/mol. The van der Waals surface area contributed by atoms with Crippen molar-refractivity contribution in [1.82, 2.24) is 5.32 Å². The second kappa shape index (κ2) is 6.43. The average molecular weight is 209 g/mol. The van der Waals surface area contributed by atoms with Gasteiger partial charge in [0, 0.05) is 13.2 Å². The van der Waals surface area contributed by atoms with Crippen molar-refractivity contribution in [1.29, 1.82) is 0 Å². The number of hydrogen-bond acceptors (Lipinski definition) is 3. The summed E-state index contributed by atoms with van der Waals surface area (Å²) >= 11 is 0. The molecule has 1 aromatic rings. The Morgan fingerprint density at radius 1 is 1.33 bits per heavy atom. The molecule has 0 radical (unpaired) electrons. The summed E-state index contributed by atoms with van der Waals surface area (Å²) in [4.78, 5) is 0. The van der Waals surface area contributed by atoms with Gasteiger partial charge in [0.15, 0.2) is 0 Å². The highest BCUT2D eigenvalue weighted by Gasteiger charge is 2.07. The van der Waals surface area contributed by atoms with Crippen LogP contribution in [0.1, 0.15) is 12.5 Å². The molecular formula is C12H19NO2. The number of nitrogens with one attached hydrogen (secondary N) is 1. The Morgan fingerprint density at radius 3 is 2.53 bits per heavy atom. The first-order valence-corrected chi connectivity index (χ1v) is 5.26. The lowest BCUT2D eigenvalue weighted by molar-refractivity contribution is 0.167. The van der Waals surface area contributed by atoms with Crippen LogP contribution in [-0.2, 0) is 11.2 Å². The standard InChI is InChI=1S/C12H19NO2/c1-3-13-11(9-15-2)8-10-4-6-12(14)7-5-10/h4-7,11,13-14H,3,8-9H2,1-2H3. The Labute approximate surface area is 91.1 Å². The fraction of sp³-hybridized carbons (Fsp3) is 0.500. The van der Waals surface area contributed by atoms with E-state index in [4.69, 9.17) is 9.84 Å². The lowest BCUT2D eigenvalue weighted by atomic mass is 10.1. The second-order valence-electron chi connectivity index (χ2n) is 3.58. The molecule has 0 aromatic heterocycles. The molecule has 1 atom stereocenters. The van der Waals surface area contributed by atoms with Gasteiger partial charge < -0.3 is 15.2 Å². The van der Waals surface area contributed by atoms with E-state index in [1.807, 2.05) is 12.1 Å². The Hall–Kier alpha value is -1.06. The van der Waals surface area contributed by atoms with Crippen molar-refractivity contribution < 1.29 is 9.84 Å². The first-order chi connectivity index (χ1) is 7.26. The van der Waals surface area contributed by atoms with Gasteiger partial charge in [-0.3, -0.25) is 0 Å². The zero-order valence-corrected chi connectivity index (χ0v) is 9.36. The molecule has 0 aliphatic rings. The zero-order valence-electron chi connectivity index (χ0n) is 9.36. The van der Waals surface area contributed by atoms with Gasteiger partial charge in [0.2, 0.25) is 0 Å². The summed E-state index contributed by atoms with van der Waals surface area (Å²) in [7, 11) is 1.71. The number of ether oxygens (including phenoxy) is 1. The largest absolute Gasteiger partial charge is 0.508 e. The first kappa shape index (κ1) is 12.0. The summed E-state index contributed by atoms with van der Waals surface area (Å²) in [6.07, 6.45) is 0.919. The van der Waals surface area contributed by atoms with Gasteiger partial charge in [-0.15, -0.1) is 0 Å². The molecular weight excluding hydrogens is 190 g/mol.